The average Bonchev–Trinajstić information content (AvgIpc) is 2.49. The van der Waals surface area contributed by atoms with Crippen LogP contribution in [0.2, 0.25) is 0 Å². The first kappa shape index (κ1) is 18.3. The number of carboxylic acids is 1. The largest absolute Gasteiger partial charge is 0.492 e. The number of nitrogens with one attached hydrogen (secondary N) is 1. The Morgan fingerprint density at radius 2 is 2.14 bits per heavy atom. The molecule has 0 unspecified atom stereocenters. The van der Waals surface area contributed by atoms with Crippen molar-refractivity contribution >= 4 is 11.7 Å². The zero-order valence-electron chi connectivity index (χ0n) is 13.9. The molecule has 0 fully saturated rings. The lowest BCUT2D eigenvalue weighted by Crippen LogP contribution is -2.20. The highest BCUT2D eigenvalue weighted by Gasteiger charge is 2.09. The van der Waals surface area contributed by atoms with Gasteiger partial charge in [0.25, 0.3) is 0 Å². The summed E-state index contributed by atoms with van der Waals surface area (Å²) in [6, 6.07) is 6.18. The van der Waals surface area contributed by atoms with Gasteiger partial charge in [-0.2, -0.15) is 0 Å². The SMILES string of the molecule is CCCCN(C)c1ccc(CNCCC(=O)O)cc1OCC. The van der Waals surface area contributed by atoms with E-state index in [4.69, 9.17) is 9.84 Å². The molecule has 0 aliphatic heterocycles. The Labute approximate surface area is 133 Å². The minimum Gasteiger partial charge on any atom is -0.492 e. The van der Waals surface area contributed by atoms with Crippen molar-refractivity contribution in [3.05, 3.63) is 23.8 Å². The second kappa shape index (κ2) is 10.1. The summed E-state index contributed by atoms with van der Waals surface area (Å²) in [5.41, 5.74) is 2.20. The Morgan fingerprint density at radius 3 is 2.77 bits per heavy atom. The number of rotatable bonds is 11. The third-order valence-corrected chi connectivity index (χ3v) is 3.43. The van der Waals surface area contributed by atoms with Gasteiger partial charge in [0, 0.05) is 26.7 Å². The topological polar surface area (TPSA) is 61.8 Å². The lowest BCUT2D eigenvalue weighted by Gasteiger charge is -2.22. The maximum atomic E-state index is 10.5. The molecule has 1 rings (SSSR count). The monoisotopic (exact) mass is 308 g/mol. The van der Waals surface area contributed by atoms with E-state index >= 15 is 0 Å². The van der Waals surface area contributed by atoms with Gasteiger partial charge in [0.15, 0.2) is 0 Å². The molecule has 0 heterocycles. The highest BCUT2D eigenvalue weighted by molar-refractivity contribution is 5.66. The molecule has 0 radical (unpaired) electrons. The first-order chi connectivity index (χ1) is 10.6. The summed E-state index contributed by atoms with van der Waals surface area (Å²) in [6.45, 7) is 6.91. The van der Waals surface area contributed by atoms with Crippen molar-refractivity contribution < 1.29 is 14.6 Å². The number of aliphatic carboxylic acids is 1. The molecule has 124 valence electrons. The number of nitrogens with zero attached hydrogens (tertiary/aromatic N) is 1. The number of carbonyl (C=O) groups is 1. The van der Waals surface area contributed by atoms with Gasteiger partial charge >= 0.3 is 5.97 Å². The molecule has 0 amide bonds. The quantitative estimate of drug-likeness (QED) is 0.616. The molecule has 0 bridgehead atoms. The molecule has 0 saturated carbocycles. The molecule has 0 atom stereocenters. The van der Waals surface area contributed by atoms with Crippen molar-refractivity contribution in [1.82, 2.24) is 5.32 Å². The number of hydrogen-bond donors (Lipinski definition) is 2. The fourth-order valence-corrected chi connectivity index (χ4v) is 2.20. The van der Waals surface area contributed by atoms with E-state index in [1.165, 1.54) is 6.42 Å². The molecule has 0 aromatic heterocycles. The number of ether oxygens (including phenoxy) is 1. The molecular formula is C17H28N2O3. The number of unbranched alkanes of at least 4 members (excludes halogenated alkanes) is 1. The Bertz CT molecular complexity index is 463. The minimum absolute atomic E-state index is 0.135. The van der Waals surface area contributed by atoms with Crippen LogP contribution < -0.4 is 15.0 Å². The molecule has 0 spiro atoms. The number of anilines is 1. The summed E-state index contributed by atoms with van der Waals surface area (Å²) in [4.78, 5) is 12.7. The van der Waals surface area contributed by atoms with Gasteiger partial charge in [0.1, 0.15) is 5.75 Å². The van der Waals surface area contributed by atoms with Crippen LogP contribution in [0.25, 0.3) is 0 Å². The molecule has 0 aliphatic carbocycles. The zero-order valence-corrected chi connectivity index (χ0v) is 13.9. The molecule has 0 aliphatic rings. The van der Waals surface area contributed by atoms with Crippen molar-refractivity contribution in [2.24, 2.45) is 0 Å². The third kappa shape index (κ3) is 6.35. The van der Waals surface area contributed by atoms with E-state index in [0.29, 0.717) is 19.7 Å². The molecule has 22 heavy (non-hydrogen) atoms. The molecule has 5 heteroatoms. The van der Waals surface area contributed by atoms with E-state index in [9.17, 15) is 4.79 Å². The summed E-state index contributed by atoms with van der Waals surface area (Å²) in [5, 5.41) is 11.8. The second-order valence-electron chi connectivity index (χ2n) is 5.33. The van der Waals surface area contributed by atoms with Crippen LogP contribution in [0.3, 0.4) is 0 Å². The molecule has 2 N–H and O–H groups in total. The van der Waals surface area contributed by atoms with Crippen LogP contribution in [0, 0.1) is 0 Å². The Kier molecular flexibility index (Phi) is 8.36. The number of hydrogen-bond acceptors (Lipinski definition) is 4. The van der Waals surface area contributed by atoms with Crippen LogP contribution in [-0.2, 0) is 11.3 Å². The summed E-state index contributed by atoms with van der Waals surface area (Å²) < 4.78 is 5.76. The lowest BCUT2D eigenvalue weighted by atomic mass is 10.1. The minimum atomic E-state index is -0.782. The van der Waals surface area contributed by atoms with Gasteiger partial charge in [-0.3, -0.25) is 4.79 Å². The predicted octanol–water partition coefficient (Wildman–Crippen LogP) is 2.89. The summed E-state index contributed by atoms with van der Waals surface area (Å²) in [7, 11) is 2.08. The lowest BCUT2D eigenvalue weighted by molar-refractivity contribution is -0.136. The third-order valence-electron chi connectivity index (χ3n) is 3.43. The first-order valence-corrected chi connectivity index (χ1v) is 7.97. The summed E-state index contributed by atoms with van der Waals surface area (Å²) >= 11 is 0. The maximum absolute atomic E-state index is 10.5. The Hall–Kier alpha value is -1.75. The average molecular weight is 308 g/mol. The van der Waals surface area contributed by atoms with Crippen LogP contribution >= 0.6 is 0 Å². The Morgan fingerprint density at radius 1 is 1.36 bits per heavy atom. The predicted molar refractivity (Wildman–Crippen MR) is 89.7 cm³/mol. The zero-order chi connectivity index (χ0) is 16.4. The van der Waals surface area contributed by atoms with E-state index in [1.807, 2.05) is 13.0 Å². The van der Waals surface area contributed by atoms with Crippen molar-refractivity contribution in [3.63, 3.8) is 0 Å². The van der Waals surface area contributed by atoms with Crippen LogP contribution in [-0.4, -0.2) is 37.8 Å². The fraction of sp³-hybridized carbons (Fsp3) is 0.588. The van der Waals surface area contributed by atoms with Gasteiger partial charge in [0.2, 0.25) is 0 Å². The van der Waals surface area contributed by atoms with Gasteiger partial charge in [0.05, 0.1) is 18.7 Å². The van der Waals surface area contributed by atoms with Crippen LogP contribution in [0.15, 0.2) is 18.2 Å². The van der Waals surface area contributed by atoms with E-state index < -0.39 is 5.97 Å². The van der Waals surface area contributed by atoms with Crippen molar-refractivity contribution in [3.8, 4) is 5.75 Å². The van der Waals surface area contributed by atoms with Gasteiger partial charge in [-0.05, 0) is 31.0 Å². The van der Waals surface area contributed by atoms with Crippen LogP contribution in [0.4, 0.5) is 5.69 Å². The second-order valence-corrected chi connectivity index (χ2v) is 5.33. The van der Waals surface area contributed by atoms with Crippen molar-refractivity contribution in [1.29, 1.82) is 0 Å². The van der Waals surface area contributed by atoms with Gasteiger partial charge in [-0.1, -0.05) is 19.4 Å². The van der Waals surface area contributed by atoms with Gasteiger partial charge in [-0.15, -0.1) is 0 Å². The molecule has 0 saturated heterocycles. The highest BCUT2D eigenvalue weighted by Crippen LogP contribution is 2.29. The number of benzene rings is 1. The molecule has 1 aromatic carbocycles. The van der Waals surface area contributed by atoms with Crippen molar-refractivity contribution in [2.75, 3.05) is 31.6 Å². The van der Waals surface area contributed by atoms with Gasteiger partial charge in [-0.25, -0.2) is 0 Å². The molecule has 5 nitrogen and oxygen atoms in total. The smallest absolute Gasteiger partial charge is 0.304 e. The molecule has 1 aromatic rings. The van der Waals surface area contributed by atoms with Crippen molar-refractivity contribution in [2.45, 2.75) is 39.7 Å². The Balaban J connectivity index is 2.69. The normalized spacial score (nSPS) is 10.5. The van der Waals surface area contributed by atoms with E-state index in [-0.39, 0.29) is 6.42 Å². The van der Waals surface area contributed by atoms with E-state index in [1.54, 1.807) is 0 Å². The van der Waals surface area contributed by atoms with Gasteiger partial charge < -0.3 is 20.1 Å². The van der Waals surface area contributed by atoms with E-state index in [0.717, 1.165) is 30.0 Å². The first-order valence-electron chi connectivity index (χ1n) is 7.97. The number of carboxylic acid groups (broad SMARTS) is 1. The summed E-state index contributed by atoms with van der Waals surface area (Å²) in [6.07, 6.45) is 2.45. The fourth-order valence-electron chi connectivity index (χ4n) is 2.20. The summed E-state index contributed by atoms with van der Waals surface area (Å²) in [5.74, 6) is 0.106. The highest BCUT2D eigenvalue weighted by atomic mass is 16.5. The standard InChI is InChI=1S/C17H28N2O3/c1-4-6-11-19(3)15-8-7-14(12-16(15)22-5-2)13-18-10-9-17(20)21/h7-8,12,18H,4-6,9-11,13H2,1-3H3,(H,20,21). The molecular weight excluding hydrogens is 280 g/mol. The van der Waals surface area contributed by atoms with Crippen LogP contribution in [0.5, 0.6) is 5.75 Å². The van der Waals surface area contributed by atoms with E-state index in [2.05, 4.69) is 36.3 Å². The van der Waals surface area contributed by atoms with Crippen LogP contribution in [0.1, 0.15) is 38.7 Å². The maximum Gasteiger partial charge on any atom is 0.304 e.